The normalized spacial score (nSPS) is 10.9. The number of aryl methyl sites for hydroxylation is 1. The monoisotopic (exact) mass is 399 g/mol. The number of nitrogens with zero attached hydrogens (tertiary/aromatic N) is 1. The lowest BCUT2D eigenvalue weighted by Gasteiger charge is -2.07. The maximum atomic E-state index is 12.4. The van der Waals surface area contributed by atoms with Crippen molar-refractivity contribution >= 4 is 16.8 Å². The number of fused-ring (bicyclic) bond motifs is 1. The zero-order valence-electron chi connectivity index (χ0n) is 17.2. The number of nitrogens with one attached hydrogen (secondary N) is 2. The molecule has 3 aromatic carbocycles. The number of carbonyl (C=O) groups is 1. The van der Waals surface area contributed by atoms with Gasteiger partial charge in [-0.05, 0) is 54.8 Å². The number of benzene rings is 3. The van der Waals surface area contributed by atoms with Crippen molar-refractivity contribution in [3.63, 3.8) is 0 Å². The van der Waals surface area contributed by atoms with E-state index in [0.717, 1.165) is 45.5 Å². The minimum Gasteiger partial charge on any atom is -0.497 e. The standard InChI is InChI=1S/C25H25N3O2/c1-17-5-3-7-20(13-17)25-22-15-19(9-10-23(22)27-28-25)16-24(29)26-12-11-18-6-4-8-21(14-18)30-2/h3-10,13-15H,11-12,16H2,1-2H3,(H,26,29)(H,27,28). The molecule has 0 radical (unpaired) electrons. The number of ether oxygens (including phenoxy) is 1. The highest BCUT2D eigenvalue weighted by Gasteiger charge is 2.11. The Balaban J connectivity index is 1.42. The Morgan fingerprint density at radius 1 is 1.03 bits per heavy atom. The Morgan fingerprint density at radius 2 is 1.90 bits per heavy atom. The van der Waals surface area contributed by atoms with Crippen LogP contribution in [0.1, 0.15) is 16.7 Å². The fourth-order valence-corrected chi connectivity index (χ4v) is 3.61. The molecule has 0 bridgehead atoms. The number of H-pyrrole nitrogens is 1. The van der Waals surface area contributed by atoms with Crippen molar-refractivity contribution in [2.24, 2.45) is 0 Å². The molecule has 1 aromatic heterocycles. The van der Waals surface area contributed by atoms with E-state index in [9.17, 15) is 4.79 Å². The van der Waals surface area contributed by atoms with E-state index < -0.39 is 0 Å². The second kappa shape index (κ2) is 8.82. The summed E-state index contributed by atoms with van der Waals surface area (Å²) in [5.41, 5.74) is 6.24. The van der Waals surface area contributed by atoms with E-state index in [0.29, 0.717) is 13.0 Å². The van der Waals surface area contributed by atoms with Crippen LogP contribution in [0.4, 0.5) is 0 Å². The Kier molecular flexibility index (Phi) is 5.80. The summed E-state index contributed by atoms with van der Waals surface area (Å²) in [7, 11) is 1.65. The molecule has 2 N–H and O–H groups in total. The summed E-state index contributed by atoms with van der Waals surface area (Å²) in [6.07, 6.45) is 1.10. The Labute approximate surface area is 176 Å². The molecule has 0 saturated carbocycles. The van der Waals surface area contributed by atoms with Gasteiger partial charge in [-0.2, -0.15) is 5.10 Å². The van der Waals surface area contributed by atoms with E-state index >= 15 is 0 Å². The molecule has 4 rings (SSSR count). The lowest BCUT2D eigenvalue weighted by Crippen LogP contribution is -2.27. The Bertz CT molecular complexity index is 1180. The molecule has 0 aliphatic carbocycles. The maximum absolute atomic E-state index is 12.4. The molecule has 4 aromatic rings. The average molecular weight is 399 g/mol. The van der Waals surface area contributed by atoms with E-state index in [4.69, 9.17) is 4.74 Å². The van der Waals surface area contributed by atoms with Gasteiger partial charge in [-0.3, -0.25) is 9.89 Å². The minimum absolute atomic E-state index is 0.0119. The van der Waals surface area contributed by atoms with Gasteiger partial charge in [0.15, 0.2) is 0 Å². The molecular weight excluding hydrogens is 374 g/mol. The zero-order chi connectivity index (χ0) is 20.9. The first-order valence-electron chi connectivity index (χ1n) is 10.1. The number of aromatic amines is 1. The summed E-state index contributed by atoms with van der Waals surface area (Å²) in [5, 5.41) is 11.6. The molecule has 5 heteroatoms. The molecule has 0 spiro atoms. The molecule has 1 amide bonds. The van der Waals surface area contributed by atoms with Crippen molar-refractivity contribution < 1.29 is 9.53 Å². The van der Waals surface area contributed by atoms with Gasteiger partial charge in [0.05, 0.1) is 24.7 Å². The van der Waals surface area contributed by atoms with Crippen molar-refractivity contribution in [3.05, 3.63) is 83.4 Å². The molecule has 0 saturated heterocycles. The summed E-state index contributed by atoms with van der Waals surface area (Å²) < 4.78 is 5.24. The number of carbonyl (C=O) groups excluding carboxylic acids is 1. The molecule has 5 nitrogen and oxygen atoms in total. The van der Waals surface area contributed by atoms with Gasteiger partial charge in [0.25, 0.3) is 0 Å². The first kappa shape index (κ1) is 19.7. The molecule has 0 atom stereocenters. The lowest BCUT2D eigenvalue weighted by atomic mass is 10.0. The highest BCUT2D eigenvalue weighted by Crippen LogP contribution is 2.27. The molecule has 0 unspecified atom stereocenters. The third-order valence-electron chi connectivity index (χ3n) is 5.15. The molecule has 0 aliphatic heterocycles. The van der Waals surface area contributed by atoms with E-state index in [2.05, 4.69) is 46.7 Å². The highest BCUT2D eigenvalue weighted by molar-refractivity contribution is 5.94. The van der Waals surface area contributed by atoms with Gasteiger partial charge in [-0.25, -0.2) is 0 Å². The average Bonchev–Trinajstić information content (AvgIpc) is 3.17. The van der Waals surface area contributed by atoms with Gasteiger partial charge in [0.1, 0.15) is 5.75 Å². The molecule has 1 heterocycles. The van der Waals surface area contributed by atoms with E-state index in [-0.39, 0.29) is 5.91 Å². The minimum atomic E-state index is 0.0119. The fraction of sp³-hybridized carbons (Fsp3) is 0.200. The molecule has 0 aliphatic rings. The van der Waals surface area contributed by atoms with Crippen molar-refractivity contribution in [3.8, 4) is 17.0 Å². The fourth-order valence-electron chi connectivity index (χ4n) is 3.61. The number of aromatic nitrogens is 2. The number of methoxy groups -OCH3 is 1. The summed E-state index contributed by atoms with van der Waals surface area (Å²) in [5.74, 6) is 0.842. The first-order chi connectivity index (χ1) is 14.6. The van der Waals surface area contributed by atoms with Crippen LogP contribution in [0, 0.1) is 6.92 Å². The number of rotatable bonds is 7. The number of hydrogen-bond acceptors (Lipinski definition) is 3. The van der Waals surface area contributed by atoms with Gasteiger partial charge in [-0.15, -0.1) is 0 Å². The van der Waals surface area contributed by atoms with Crippen LogP contribution in [0.25, 0.3) is 22.2 Å². The van der Waals surface area contributed by atoms with E-state index in [1.165, 1.54) is 5.56 Å². The number of hydrogen-bond donors (Lipinski definition) is 2. The smallest absolute Gasteiger partial charge is 0.224 e. The lowest BCUT2D eigenvalue weighted by molar-refractivity contribution is -0.120. The molecule has 152 valence electrons. The van der Waals surface area contributed by atoms with Gasteiger partial charge in [0.2, 0.25) is 5.91 Å². The molecular formula is C25H25N3O2. The van der Waals surface area contributed by atoms with Crippen LogP contribution in [0.5, 0.6) is 5.75 Å². The van der Waals surface area contributed by atoms with Crippen LogP contribution in [-0.4, -0.2) is 29.8 Å². The van der Waals surface area contributed by atoms with E-state index in [1.807, 2.05) is 42.5 Å². The Hall–Kier alpha value is -3.60. The summed E-state index contributed by atoms with van der Waals surface area (Å²) in [6, 6.07) is 22.2. The van der Waals surface area contributed by atoms with Crippen molar-refractivity contribution in [1.29, 1.82) is 0 Å². The largest absolute Gasteiger partial charge is 0.497 e. The second-order valence-corrected chi connectivity index (χ2v) is 7.45. The van der Waals surface area contributed by atoms with Crippen LogP contribution in [0.15, 0.2) is 66.7 Å². The van der Waals surface area contributed by atoms with Crippen LogP contribution in [-0.2, 0) is 17.6 Å². The van der Waals surface area contributed by atoms with Crippen molar-refractivity contribution in [2.75, 3.05) is 13.7 Å². The van der Waals surface area contributed by atoms with Gasteiger partial charge in [-0.1, -0.05) is 42.0 Å². The Morgan fingerprint density at radius 3 is 2.73 bits per heavy atom. The number of amides is 1. The first-order valence-corrected chi connectivity index (χ1v) is 10.1. The van der Waals surface area contributed by atoms with Gasteiger partial charge < -0.3 is 10.1 Å². The zero-order valence-corrected chi connectivity index (χ0v) is 17.2. The highest BCUT2D eigenvalue weighted by atomic mass is 16.5. The predicted molar refractivity (Wildman–Crippen MR) is 120 cm³/mol. The summed E-state index contributed by atoms with van der Waals surface area (Å²) in [6.45, 7) is 2.66. The van der Waals surface area contributed by atoms with Crippen LogP contribution in [0.3, 0.4) is 0 Å². The quantitative estimate of drug-likeness (QED) is 0.483. The van der Waals surface area contributed by atoms with Crippen LogP contribution >= 0.6 is 0 Å². The van der Waals surface area contributed by atoms with Crippen LogP contribution < -0.4 is 10.1 Å². The van der Waals surface area contributed by atoms with Gasteiger partial charge >= 0.3 is 0 Å². The maximum Gasteiger partial charge on any atom is 0.224 e. The molecule has 30 heavy (non-hydrogen) atoms. The third kappa shape index (κ3) is 4.51. The van der Waals surface area contributed by atoms with Crippen molar-refractivity contribution in [2.45, 2.75) is 19.8 Å². The van der Waals surface area contributed by atoms with Crippen LogP contribution in [0.2, 0.25) is 0 Å². The summed E-state index contributed by atoms with van der Waals surface area (Å²) >= 11 is 0. The third-order valence-corrected chi connectivity index (χ3v) is 5.15. The topological polar surface area (TPSA) is 67.0 Å². The predicted octanol–water partition coefficient (Wildman–Crippen LogP) is 4.45. The van der Waals surface area contributed by atoms with Gasteiger partial charge in [0, 0.05) is 17.5 Å². The van der Waals surface area contributed by atoms with E-state index in [1.54, 1.807) is 7.11 Å². The molecule has 0 fully saturated rings. The SMILES string of the molecule is COc1cccc(CCNC(=O)Cc2ccc3[nH]nc(-c4cccc(C)c4)c3c2)c1. The van der Waals surface area contributed by atoms with Crippen molar-refractivity contribution in [1.82, 2.24) is 15.5 Å². The summed E-state index contributed by atoms with van der Waals surface area (Å²) in [4.78, 5) is 12.4. The second-order valence-electron chi connectivity index (χ2n) is 7.45.